The summed E-state index contributed by atoms with van der Waals surface area (Å²) < 4.78 is 14.6. The molecule has 0 radical (unpaired) electrons. The lowest BCUT2D eigenvalue weighted by Gasteiger charge is -2.20. The summed E-state index contributed by atoms with van der Waals surface area (Å²) in [5, 5.41) is 1.94. The lowest BCUT2D eigenvalue weighted by molar-refractivity contribution is 0.0923. The summed E-state index contributed by atoms with van der Waals surface area (Å²) in [4.78, 5) is 31.3. The van der Waals surface area contributed by atoms with Gasteiger partial charge in [0, 0.05) is 17.1 Å². The summed E-state index contributed by atoms with van der Waals surface area (Å²) in [6.07, 6.45) is 2.81. The van der Waals surface area contributed by atoms with E-state index in [-0.39, 0.29) is 11.5 Å². The van der Waals surface area contributed by atoms with Crippen molar-refractivity contribution in [1.29, 1.82) is 0 Å². The van der Waals surface area contributed by atoms with Crippen LogP contribution in [-0.4, -0.2) is 32.9 Å². The Hall–Kier alpha value is -3.20. The summed E-state index contributed by atoms with van der Waals surface area (Å²) in [6, 6.07) is 9.11. The number of benzene rings is 1. The molecule has 0 unspecified atom stereocenters. The fraction of sp³-hybridized carbons (Fsp3) is 0.167. The standard InChI is InChI=1S/C18H18FN5O2S/c1-2-23(11-15-4-3-9-27-15)18(26)22-21-17(25)16-10-20-12-24(16)14-7-5-13(19)6-8-14/h3-10,12H,2,11H2,1H3,(H,21,25)(H,22,26). The maximum Gasteiger partial charge on any atom is 0.336 e. The number of halogens is 1. The third-order valence-corrected chi connectivity index (χ3v) is 4.72. The zero-order chi connectivity index (χ0) is 19.2. The molecule has 0 aliphatic rings. The molecule has 0 atom stereocenters. The van der Waals surface area contributed by atoms with E-state index in [1.807, 2.05) is 24.4 Å². The van der Waals surface area contributed by atoms with E-state index in [1.165, 1.54) is 41.4 Å². The van der Waals surface area contributed by atoms with Crippen molar-refractivity contribution in [3.8, 4) is 5.69 Å². The van der Waals surface area contributed by atoms with Crippen LogP contribution >= 0.6 is 11.3 Å². The van der Waals surface area contributed by atoms with E-state index in [9.17, 15) is 14.0 Å². The molecule has 3 aromatic rings. The number of amides is 3. The summed E-state index contributed by atoms with van der Waals surface area (Å²) >= 11 is 1.56. The molecule has 3 rings (SSSR count). The molecule has 0 saturated carbocycles. The van der Waals surface area contributed by atoms with Crippen LogP contribution in [0.3, 0.4) is 0 Å². The van der Waals surface area contributed by atoms with E-state index in [1.54, 1.807) is 16.2 Å². The van der Waals surface area contributed by atoms with Gasteiger partial charge in [0.05, 0.1) is 19.1 Å². The Bertz CT molecular complexity index is 908. The van der Waals surface area contributed by atoms with Crippen LogP contribution in [0.25, 0.3) is 5.69 Å². The zero-order valence-corrected chi connectivity index (χ0v) is 15.4. The first kappa shape index (κ1) is 18.6. The molecule has 140 valence electrons. The molecule has 0 aliphatic heterocycles. The van der Waals surface area contributed by atoms with E-state index in [2.05, 4.69) is 15.8 Å². The molecule has 3 amide bonds. The molecule has 27 heavy (non-hydrogen) atoms. The minimum Gasteiger partial charge on any atom is -0.319 e. The van der Waals surface area contributed by atoms with Gasteiger partial charge >= 0.3 is 6.03 Å². The van der Waals surface area contributed by atoms with Gasteiger partial charge in [-0.15, -0.1) is 11.3 Å². The third kappa shape index (κ3) is 4.50. The number of hydrogen-bond donors (Lipinski definition) is 2. The molecule has 1 aromatic carbocycles. The predicted molar refractivity (Wildman–Crippen MR) is 99.9 cm³/mol. The van der Waals surface area contributed by atoms with Gasteiger partial charge in [0.15, 0.2) is 0 Å². The number of carbonyl (C=O) groups excluding carboxylic acids is 2. The van der Waals surface area contributed by atoms with Crippen molar-refractivity contribution in [2.45, 2.75) is 13.5 Å². The maximum atomic E-state index is 13.1. The monoisotopic (exact) mass is 387 g/mol. The topological polar surface area (TPSA) is 79.3 Å². The molecule has 0 fully saturated rings. The van der Waals surface area contributed by atoms with Crippen LogP contribution in [0.1, 0.15) is 22.3 Å². The van der Waals surface area contributed by atoms with Gasteiger partial charge in [-0.25, -0.2) is 19.6 Å². The van der Waals surface area contributed by atoms with Crippen molar-refractivity contribution < 1.29 is 14.0 Å². The Morgan fingerprint density at radius 1 is 1.22 bits per heavy atom. The Labute approximate surface area is 159 Å². The second-order valence-corrected chi connectivity index (χ2v) is 6.64. The molecule has 2 aromatic heterocycles. The minimum atomic E-state index is -0.530. The van der Waals surface area contributed by atoms with Gasteiger partial charge in [-0.05, 0) is 42.6 Å². The average Bonchev–Trinajstić information content (AvgIpc) is 3.36. The molecule has 0 saturated heterocycles. The van der Waals surface area contributed by atoms with Crippen molar-refractivity contribution in [3.63, 3.8) is 0 Å². The maximum absolute atomic E-state index is 13.1. The highest BCUT2D eigenvalue weighted by Crippen LogP contribution is 2.13. The number of hydrogen-bond acceptors (Lipinski definition) is 4. The highest BCUT2D eigenvalue weighted by Gasteiger charge is 2.17. The zero-order valence-electron chi connectivity index (χ0n) is 14.6. The molecule has 9 heteroatoms. The first-order chi connectivity index (χ1) is 13.1. The number of hydrazine groups is 1. The van der Waals surface area contributed by atoms with Crippen LogP contribution in [0.4, 0.5) is 9.18 Å². The Kier molecular flexibility index (Phi) is 5.82. The smallest absolute Gasteiger partial charge is 0.319 e. The van der Waals surface area contributed by atoms with Crippen LogP contribution < -0.4 is 10.9 Å². The summed E-state index contributed by atoms with van der Waals surface area (Å²) in [6.45, 7) is 2.81. The van der Waals surface area contributed by atoms with Crippen molar-refractivity contribution >= 4 is 23.3 Å². The van der Waals surface area contributed by atoms with E-state index >= 15 is 0 Å². The number of rotatable bonds is 5. The van der Waals surface area contributed by atoms with Crippen molar-refractivity contribution in [1.82, 2.24) is 25.3 Å². The summed E-state index contributed by atoms with van der Waals surface area (Å²) in [5.41, 5.74) is 5.60. The number of thiophene rings is 1. The summed E-state index contributed by atoms with van der Waals surface area (Å²) in [7, 11) is 0. The van der Waals surface area contributed by atoms with Gasteiger partial charge in [0.25, 0.3) is 5.91 Å². The number of urea groups is 1. The molecule has 2 heterocycles. The molecule has 0 spiro atoms. The van der Waals surface area contributed by atoms with Gasteiger partial charge in [0.1, 0.15) is 11.5 Å². The second-order valence-electron chi connectivity index (χ2n) is 5.60. The van der Waals surface area contributed by atoms with Crippen LogP contribution in [0.15, 0.2) is 54.3 Å². The normalized spacial score (nSPS) is 10.4. The minimum absolute atomic E-state index is 0.211. The average molecular weight is 387 g/mol. The number of carbonyl (C=O) groups is 2. The van der Waals surface area contributed by atoms with Crippen LogP contribution in [0, 0.1) is 5.82 Å². The highest BCUT2D eigenvalue weighted by atomic mass is 32.1. The number of aromatic nitrogens is 2. The van der Waals surface area contributed by atoms with Crippen LogP contribution in [-0.2, 0) is 6.54 Å². The van der Waals surface area contributed by atoms with Gasteiger partial charge < -0.3 is 4.90 Å². The van der Waals surface area contributed by atoms with Crippen LogP contribution in [0.5, 0.6) is 0 Å². The van der Waals surface area contributed by atoms with Gasteiger partial charge in [-0.3, -0.25) is 14.8 Å². The van der Waals surface area contributed by atoms with E-state index in [0.29, 0.717) is 18.8 Å². The van der Waals surface area contributed by atoms with E-state index in [4.69, 9.17) is 0 Å². The largest absolute Gasteiger partial charge is 0.336 e. The quantitative estimate of drug-likeness (QED) is 0.661. The number of nitrogens with zero attached hydrogens (tertiary/aromatic N) is 3. The molecular weight excluding hydrogens is 369 g/mol. The predicted octanol–water partition coefficient (Wildman–Crippen LogP) is 2.95. The molecular formula is C18H18FN5O2S. The van der Waals surface area contributed by atoms with E-state index < -0.39 is 11.9 Å². The SMILES string of the molecule is CCN(Cc1cccs1)C(=O)NNC(=O)c1cncn1-c1ccc(F)cc1. The third-order valence-electron chi connectivity index (χ3n) is 3.85. The first-order valence-corrected chi connectivity index (χ1v) is 9.12. The second kappa shape index (κ2) is 8.45. The highest BCUT2D eigenvalue weighted by molar-refractivity contribution is 7.09. The van der Waals surface area contributed by atoms with Crippen molar-refractivity contribution in [3.05, 3.63) is 70.7 Å². The lowest BCUT2D eigenvalue weighted by Crippen LogP contribution is -2.48. The Morgan fingerprint density at radius 2 is 2.00 bits per heavy atom. The Morgan fingerprint density at radius 3 is 2.67 bits per heavy atom. The lowest BCUT2D eigenvalue weighted by atomic mass is 10.3. The van der Waals surface area contributed by atoms with Gasteiger partial charge in [0.2, 0.25) is 0 Å². The molecule has 0 aliphatic carbocycles. The van der Waals surface area contributed by atoms with Crippen molar-refractivity contribution in [2.75, 3.05) is 6.54 Å². The first-order valence-electron chi connectivity index (χ1n) is 8.24. The summed E-state index contributed by atoms with van der Waals surface area (Å²) in [5.74, 6) is -0.903. The molecule has 2 N–H and O–H groups in total. The van der Waals surface area contributed by atoms with Crippen LogP contribution in [0.2, 0.25) is 0 Å². The van der Waals surface area contributed by atoms with Gasteiger partial charge in [-0.2, -0.15) is 0 Å². The molecule has 7 nitrogen and oxygen atoms in total. The number of imidazole rings is 1. The number of nitrogens with one attached hydrogen (secondary N) is 2. The van der Waals surface area contributed by atoms with Crippen molar-refractivity contribution in [2.24, 2.45) is 0 Å². The molecule has 0 bridgehead atoms. The fourth-order valence-electron chi connectivity index (χ4n) is 2.44. The Balaban J connectivity index is 1.63. The van der Waals surface area contributed by atoms with E-state index in [0.717, 1.165) is 4.88 Å². The van der Waals surface area contributed by atoms with Gasteiger partial charge in [-0.1, -0.05) is 6.07 Å². The fourth-order valence-corrected chi connectivity index (χ4v) is 3.16.